The molecule has 1 saturated heterocycles. The minimum atomic E-state index is -3.63. The van der Waals surface area contributed by atoms with Crippen LogP contribution in [0.5, 0.6) is 17.2 Å². The molecule has 0 amide bonds. The van der Waals surface area contributed by atoms with Gasteiger partial charge in [-0.05, 0) is 18.2 Å². The summed E-state index contributed by atoms with van der Waals surface area (Å²) in [5.41, 5.74) is 0.921. The highest BCUT2D eigenvalue weighted by Gasteiger charge is 2.30. The van der Waals surface area contributed by atoms with Crippen LogP contribution in [0.2, 0.25) is 0 Å². The number of aliphatic hydroxyl groups excluding tert-OH is 1. The number of ether oxygens (including phenoxy) is 4. The van der Waals surface area contributed by atoms with Crippen LogP contribution in [-0.4, -0.2) is 88.5 Å². The maximum Gasteiger partial charge on any atom is 0.243 e. The monoisotopic (exact) mass is 478 g/mol. The summed E-state index contributed by atoms with van der Waals surface area (Å²) in [5.74, 6) is 1.77. The van der Waals surface area contributed by atoms with Crippen LogP contribution >= 0.6 is 0 Å². The van der Waals surface area contributed by atoms with Crippen LogP contribution in [0.1, 0.15) is 5.56 Å². The summed E-state index contributed by atoms with van der Waals surface area (Å²) in [6.07, 6.45) is -0.666. The van der Waals surface area contributed by atoms with Gasteiger partial charge in [0.25, 0.3) is 0 Å². The van der Waals surface area contributed by atoms with Crippen molar-refractivity contribution in [2.45, 2.75) is 17.6 Å². The highest BCUT2D eigenvalue weighted by molar-refractivity contribution is 7.89. The molecule has 10 heteroatoms. The molecule has 0 saturated carbocycles. The smallest absolute Gasteiger partial charge is 0.243 e. The summed E-state index contributed by atoms with van der Waals surface area (Å²) in [4.78, 5) is 2.25. The zero-order chi connectivity index (χ0) is 23.3. The number of aliphatic hydroxyl groups is 1. The van der Waals surface area contributed by atoms with Crippen molar-refractivity contribution >= 4 is 10.0 Å². The Kier molecular flexibility index (Phi) is 7.71. The van der Waals surface area contributed by atoms with Crippen molar-refractivity contribution in [1.82, 2.24) is 9.21 Å². The molecule has 0 bridgehead atoms. The number of nitrogens with zero attached hydrogens (tertiary/aromatic N) is 2. The number of sulfonamides is 1. The topological polar surface area (TPSA) is 97.8 Å². The fourth-order valence-electron chi connectivity index (χ4n) is 3.96. The van der Waals surface area contributed by atoms with Crippen LogP contribution in [-0.2, 0) is 21.4 Å². The highest BCUT2D eigenvalue weighted by atomic mass is 32.2. The van der Waals surface area contributed by atoms with Crippen LogP contribution in [0.25, 0.3) is 0 Å². The van der Waals surface area contributed by atoms with Gasteiger partial charge in [-0.3, -0.25) is 4.90 Å². The molecule has 2 aromatic rings. The molecule has 2 aliphatic heterocycles. The van der Waals surface area contributed by atoms with Crippen LogP contribution in [0.4, 0.5) is 0 Å². The predicted molar refractivity (Wildman–Crippen MR) is 121 cm³/mol. The van der Waals surface area contributed by atoms with Gasteiger partial charge in [0.2, 0.25) is 10.0 Å². The number of rotatable bonds is 9. The Labute approximate surface area is 194 Å². The van der Waals surface area contributed by atoms with Gasteiger partial charge >= 0.3 is 0 Å². The molecule has 1 N–H and O–H groups in total. The van der Waals surface area contributed by atoms with Gasteiger partial charge in [0.1, 0.15) is 19.0 Å². The molecule has 1 unspecified atom stereocenters. The number of methoxy groups -OCH3 is 1. The second-order valence-corrected chi connectivity index (χ2v) is 9.93. The molecular weight excluding hydrogens is 448 g/mol. The van der Waals surface area contributed by atoms with E-state index >= 15 is 0 Å². The van der Waals surface area contributed by atoms with Crippen molar-refractivity contribution in [3.63, 3.8) is 0 Å². The largest absolute Gasteiger partial charge is 0.496 e. The lowest BCUT2D eigenvalue weighted by Gasteiger charge is -2.35. The first-order valence-corrected chi connectivity index (χ1v) is 12.4. The molecule has 1 atom stereocenters. The lowest BCUT2D eigenvalue weighted by molar-refractivity contribution is 0.00494. The zero-order valence-electron chi connectivity index (χ0n) is 18.7. The second-order valence-electron chi connectivity index (χ2n) is 7.99. The highest BCUT2D eigenvalue weighted by Crippen LogP contribution is 2.33. The molecule has 9 nitrogen and oxygen atoms in total. The van der Waals surface area contributed by atoms with Gasteiger partial charge in [-0.1, -0.05) is 18.2 Å². The van der Waals surface area contributed by atoms with E-state index in [0.717, 1.165) is 11.3 Å². The second kappa shape index (κ2) is 10.7. The quantitative estimate of drug-likeness (QED) is 0.577. The summed E-state index contributed by atoms with van der Waals surface area (Å²) >= 11 is 0. The molecule has 2 aromatic carbocycles. The number of benzene rings is 2. The maximum atomic E-state index is 13.1. The first-order valence-electron chi connectivity index (χ1n) is 11.0. The first-order chi connectivity index (χ1) is 16.0. The van der Waals surface area contributed by atoms with Gasteiger partial charge in [0.15, 0.2) is 11.5 Å². The minimum absolute atomic E-state index is 0.188. The molecule has 0 aliphatic carbocycles. The number of para-hydroxylation sites is 1. The van der Waals surface area contributed by atoms with Gasteiger partial charge < -0.3 is 24.1 Å². The third kappa shape index (κ3) is 5.77. The Hall–Kier alpha value is -2.37. The summed E-state index contributed by atoms with van der Waals surface area (Å²) in [7, 11) is -2.01. The van der Waals surface area contributed by atoms with E-state index in [1.807, 2.05) is 29.2 Å². The average molecular weight is 479 g/mol. The number of β-amino-alcohol motifs (C(OH)–C–C–N with tert-alkyl or cyclic N) is 1. The number of piperazine rings is 1. The van der Waals surface area contributed by atoms with Crippen LogP contribution in [0.15, 0.2) is 47.4 Å². The molecule has 2 aliphatic rings. The molecule has 0 spiro atoms. The van der Waals surface area contributed by atoms with Crippen molar-refractivity contribution < 1.29 is 32.5 Å². The van der Waals surface area contributed by atoms with Crippen molar-refractivity contribution in [3.05, 3.63) is 48.0 Å². The van der Waals surface area contributed by atoms with E-state index in [4.69, 9.17) is 18.9 Å². The van der Waals surface area contributed by atoms with E-state index in [9.17, 15) is 13.5 Å². The average Bonchev–Trinajstić information content (AvgIpc) is 2.84. The van der Waals surface area contributed by atoms with Crippen molar-refractivity contribution in [2.24, 2.45) is 0 Å². The van der Waals surface area contributed by atoms with Gasteiger partial charge in [0.05, 0.1) is 31.3 Å². The number of hydrogen-bond acceptors (Lipinski definition) is 8. The van der Waals surface area contributed by atoms with Crippen LogP contribution < -0.4 is 14.2 Å². The first kappa shape index (κ1) is 23.8. The van der Waals surface area contributed by atoms with Crippen molar-refractivity contribution in [3.8, 4) is 17.2 Å². The van der Waals surface area contributed by atoms with Crippen LogP contribution in [0.3, 0.4) is 0 Å². The van der Waals surface area contributed by atoms with Gasteiger partial charge in [-0.15, -0.1) is 0 Å². The van der Waals surface area contributed by atoms with E-state index < -0.39 is 16.1 Å². The van der Waals surface area contributed by atoms with Crippen molar-refractivity contribution in [1.29, 1.82) is 0 Å². The standard InChI is InChI=1S/C23H30N2O7S/c1-29-21-5-3-2-4-18(21)16-30-17-19(26)15-24-8-10-25(11-9-24)33(27,28)20-6-7-22-23(14-20)32-13-12-31-22/h2-7,14,19,26H,8-13,15-17H2,1H3. The summed E-state index contributed by atoms with van der Waals surface area (Å²) in [6.45, 7) is 3.59. The molecule has 4 rings (SSSR count). The Balaban J connectivity index is 1.24. The van der Waals surface area contributed by atoms with Gasteiger partial charge in [-0.2, -0.15) is 4.31 Å². The van der Waals surface area contributed by atoms with Gasteiger partial charge in [-0.25, -0.2) is 8.42 Å². The molecule has 180 valence electrons. The fourth-order valence-corrected chi connectivity index (χ4v) is 5.40. The predicted octanol–water partition coefficient (Wildman–Crippen LogP) is 1.35. The number of fused-ring (bicyclic) bond motifs is 1. The zero-order valence-corrected chi connectivity index (χ0v) is 19.5. The fraction of sp³-hybridized carbons (Fsp3) is 0.478. The lowest BCUT2D eigenvalue weighted by Crippen LogP contribution is -2.50. The maximum absolute atomic E-state index is 13.1. The van der Waals surface area contributed by atoms with E-state index in [0.29, 0.717) is 64.0 Å². The Morgan fingerprint density at radius 3 is 2.52 bits per heavy atom. The molecule has 2 heterocycles. The van der Waals surface area contributed by atoms with E-state index in [1.54, 1.807) is 19.2 Å². The lowest BCUT2D eigenvalue weighted by atomic mass is 10.2. The van der Waals surface area contributed by atoms with E-state index in [1.165, 1.54) is 10.4 Å². The Morgan fingerprint density at radius 2 is 1.76 bits per heavy atom. The van der Waals surface area contributed by atoms with Crippen molar-refractivity contribution in [2.75, 3.05) is 59.7 Å². The minimum Gasteiger partial charge on any atom is -0.496 e. The van der Waals surface area contributed by atoms with Crippen LogP contribution in [0, 0.1) is 0 Å². The van der Waals surface area contributed by atoms with E-state index in [-0.39, 0.29) is 11.5 Å². The summed E-state index contributed by atoms with van der Waals surface area (Å²) in [5, 5.41) is 10.4. The Bertz CT molecular complexity index is 1040. The molecule has 33 heavy (non-hydrogen) atoms. The molecule has 0 aromatic heterocycles. The summed E-state index contributed by atoms with van der Waals surface area (Å²) in [6, 6.07) is 12.3. The molecular formula is C23H30N2O7S. The third-order valence-electron chi connectivity index (χ3n) is 5.71. The molecule has 0 radical (unpaired) electrons. The normalized spacial score (nSPS) is 18.1. The van der Waals surface area contributed by atoms with Gasteiger partial charge in [0, 0.05) is 44.4 Å². The third-order valence-corrected chi connectivity index (χ3v) is 7.61. The Morgan fingerprint density at radius 1 is 1.03 bits per heavy atom. The molecule has 1 fully saturated rings. The number of hydrogen-bond donors (Lipinski definition) is 1. The van der Waals surface area contributed by atoms with E-state index in [2.05, 4.69) is 0 Å². The SMILES string of the molecule is COc1ccccc1COCC(O)CN1CCN(S(=O)(=O)c2ccc3c(c2)OCCO3)CC1. The summed E-state index contributed by atoms with van der Waals surface area (Å²) < 4.78 is 49.5.